The smallest absolute Gasteiger partial charge is 0.127 e. The third-order valence-electron chi connectivity index (χ3n) is 3.50. The normalized spacial score (nSPS) is 20.9. The fraction of sp³-hybridized carbons (Fsp3) is 0.250. The van der Waals surface area contributed by atoms with E-state index in [2.05, 4.69) is 15.9 Å². The van der Waals surface area contributed by atoms with Crippen LogP contribution in [0.5, 0.6) is 11.5 Å². The number of rotatable bonds is 2. The Hall–Kier alpha value is -1.52. The standard InChI is InChI=1S/C16H15BrO3/c1-19-12-4-2-3-10(7-12)16-9-14(18)13-8-11(17)5-6-15(13)20-16/h2-8,14,16,18H,9H2,1H3/t14-,16?/m0/s1. The Balaban J connectivity index is 1.92. The van der Waals surface area contributed by atoms with E-state index in [0.717, 1.165) is 27.1 Å². The van der Waals surface area contributed by atoms with E-state index in [9.17, 15) is 5.11 Å². The first kappa shape index (κ1) is 13.5. The average Bonchev–Trinajstić information content (AvgIpc) is 2.48. The van der Waals surface area contributed by atoms with Gasteiger partial charge in [0.05, 0.1) is 13.2 Å². The summed E-state index contributed by atoms with van der Waals surface area (Å²) in [5.41, 5.74) is 1.84. The number of hydrogen-bond acceptors (Lipinski definition) is 3. The van der Waals surface area contributed by atoms with Crippen LogP contribution in [-0.4, -0.2) is 12.2 Å². The van der Waals surface area contributed by atoms with Gasteiger partial charge in [0.2, 0.25) is 0 Å². The van der Waals surface area contributed by atoms with E-state index in [1.165, 1.54) is 0 Å². The zero-order chi connectivity index (χ0) is 14.1. The summed E-state index contributed by atoms with van der Waals surface area (Å²) < 4.78 is 12.2. The molecule has 4 heteroatoms. The fourth-order valence-electron chi connectivity index (χ4n) is 2.46. The van der Waals surface area contributed by atoms with E-state index >= 15 is 0 Å². The van der Waals surface area contributed by atoms with Gasteiger partial charge in [-0.2, -0.15) is 0 Å². The van der Waals surface area contributed by atoms with Crippen LogP contribution in [0, 0.1) is 0 Å². The third-order valence-corrected chi connectivity index (χ3v) is 4.00. The van der Waals surface area contributed by atoms with Crippen molar-refractivity contribution in [2.24, 2.45) is 0 Å². The summed E-state index contributed by atoms with van der Waals surface area (Å²) in [5, 5.41) is 10.3. The summed E-state index contributed by atoms with van der Waals surface area (Å²) >= 11 is 3.41. The minimum absolute atomic E-state index is 0.159. The molecule has 0 radical (unpaired) electrons. The second-order valence-electron chi connectivity index (χ2n) is 4.82. The van der Waals surface area contributed by atoms with Gasteiger partial charge in [-0.1, -0.05) is 28.1 Å². The molecule has 0 amide bonds. The molecule has 3 rings (SSSR count). The van der Waals surface area contributed by atoms with Crippen molar-refractivity contribution in [3.63, 3.8) is 0 Å². The molecule has 0 spiro atoms. The first-order valence-corrected chi connectivity index (χ1v) is 7.25. The minimum atomic E-state index is -0.521. The SMILES string of the molecule is COc1cccc(C2C[C@H](O)c3cc(Br)ccc3O2)c1. The predicted molar refractivity (Wildman–Crippen MR) is 80.1 cm³/mol. The van der Waals surface area contributed by atoms with Gasteiger partial charge in [-0.25, -0.2) is 0 Å². The lowest BCUT2D eigenvalue weighted by atomic mass is 9.95. The van der Waals surface area contributed by atoms with Crippen LogP contribution in [0.2, 0.25) is 0 Å². The van der Waals surface area contributed by atoms with Crippen LogP contribution >= 0.6 is 15.9 Å². The maximum atomic E-state index is 10.3. The highest BCUT2D eigenvalue weighted by molar-refractivity contribution is 9.10. The zero-order valence-electron chi connectivity index (χ0n) is 11.0. The molecule has 2 atom stereocenters. The van der Waals surface area contributed by atoms with Crippen molar-refractivity contribution in [3.05, 3.63) is 58.1 Å². The fourth-order valence-corrected chi connectivity index (χ4v) is 2.84. The van der Waals surface area contributed by atoms with Gasteiger partial charge < -0.3 is 14.6 Å². The monoisotopic (exact) mass is 334 g/mol. The van der Waals surface area contributed by atoms with Crippen LogP contribution in [0.3, 0.4) is 0 Å². The van der Waals surface area contributed by atoms with Crippen molar-refractivity contribution in [3.8, 4) is 11.5 Å². The molecule has 0 aliphatic carbocycles. The van der Waals surface area contributed by atoms with Gasteiger partial charge in [0.15, 0.2) is 0 Å². The Morgan fingerprint density at radius 2 is 2.10 bits per heavy atom. The van der Waals surface area contributed by atoms with Crippen LogP contribution in [0.1, 0.15) is 29.8 Å². The van der Waals surface area contributed by atoms with Gasteiger partial charge in [-0.15, -0.1) is 0 Å². The molecule has 1 aliphatic heterocycles. The quantitative estimate of drug-likeness (QED) is 0.901. The van der Waals surface area contributed by atoms with Crippen LogP contribution < -0.4 is 9.47 Å². The number of ether oxygens (including phenoxy) is 2. The van der Waals surface area contributed by atoms with Gasteiger partial charge in [0.1, 0.15) is 17.6 Å². The molecule has 1 aliphatic rings. The van der Waals surface area contributed by atoms with Gasteiger partial charge in [0.25, 0.3) is 0 Å². The number of hydrogen-bond donors (Lipinski definition) is 1. The van der Waals surface area contributed by atoms with Crippen molar-refractivity contribution < 1.29 is 14.6 Å². The van der Waals surface area contributed by atoms with E-state index in [0.29, 0.717) is 6.42 Å². The number of benzene rings is 2. The molecule has 1 N–H and O–H groups in total. The molecule has 20 heavy (non-hydrogen) atoms. The zero-order valence-corrected chi connectivity index (χ0v) is 12.6. The molecule has 0 aromatic heterocycles. The van der Waals surface area contributed by atoms with Crippen LogP contribution in [0.25, 0.3) is 0 Å². The number of halogens is 1. The second-order valence-corrected chi connectivity index (χ2v) is 5.73. The van der Waals surface area contributed by atoms with E-state index in [1.807, 2.05) is 42.5 Å². The first-order chi connectivity index (χ1) is 9.67. The molecular weight excluding hydrogens is 320 g/mol. The summed E-state index contributed by atoms with van der Waals surface area (Å²) in [4.78, 5) is 0. The Morgan fingerprint density at radius 3 is 2.90 bits per heavy atom. The highest BCUT2D eigenvalue weighted by atomic mass is 79.9. The Labute approximate surface area is 126 Å². The van der Waals surface area contributed by atoms with Crippen LogP contribution in [-0.2, 0) is 0 Å². The lowest BCUT2D eigenvalue weighted by molar-refractivity contribution is 0.0656. The number of fused-ring (bicyclic) bond motifs is 1. The molecule has 3 nitrogen and oxygen atoms in total. The predicted octanol–water partition coefficient (Wildman–Crippen LogP) is 4.01. The summed E-state index contributed by atoms with van der Waals surface area (Å²) in [6.07, 6.45) is -0.141. The van der Waals surface area contributed by atoms with Crippen molar-refractivity contribution in [2.75, 3.05) is 7.11 Å². The van der Waals surface area contributed by atoms with E-state index in [-0.39, 0.29) is 6.10 Å². The summed E-state index contributed by atoms with van der Waals surface area (Å²) in [7, 11) is 1.64. The molecule has 0 saturated carbocycles. The van der Waals surface area contributed by atoms with Crippen molar-refractivity contribution >= 4 is 15.9 Å². The highest BCUT2D eigenvalue weighted by Crippen LogP contribution is 2.42. The van der Waals surface area contributed by atoms with Gasteiger partial charge >= 0.3 is 0 Å². The minimum Gasteiger partial charge on any atom is -0.497 e. The Morgan fingerprint density at radius 1 is 1.25 bits per heavy atom. The van der Waals surface area contributed by atoms with E-state index < -0.39 is 6.10 Å². The molecule has 1 heterocycles. The molecule has 2 aromatic rings. The largest absolute Gasteiger partial charge is 0.497 e. The molecule has 0 fully saturated rings. The molecule has 0 saturated heterocycles. The van der Waals surface area contributed by atoms with Gasteiger partial charge in [-0.3, -0.25) is 0 Å². The van der Waals surface area contributed by atoms with Crippen LogP contribution in [0.4, 0.5) is 0 Å². The van der Waals surface area contributed by atoms with E-state index in [1.54, 1.807) is 7.11 Å². The maximum absolute atomic E-state index is 10.3. The van der Waals surface area contributed by atoms with Crippen molar-refractivity contribution in [1.82, 2.24) is 0 Å². The van der Waals surface area contributed by atoms with Crippen LogP contribution in [0.15, 0.2) is 46.9 Å². The number of methoxy groups -OCH3 is 1. The highest BCUT2D eigenvalue weighted by Gasteiger charge is 2.28. The summed E-state index contributed by atoms with van der Waals surface area (Å²) in [6.45, 7) is 0. The number of aliphatic hydroxyl groups is 1. The molecule has 2 aromatic carbocycles. The number of aliphatic hydroxyl groups excluding tert-OH is 1. The molecule has 0 bridgehead atoms. The van der Waals surface area contributed by atoms with Crippen molar-refractivity contribution in [1.29, 1.82) is 0 Å². The van der Waals surface area contributed by atoms with Gasteiger partial charge in [-0.05, 0) is 35.9 Å². The Bertz CT molecular complexity index is 627. The molecule has 104 valence electrons. The molecule has 1 unspecified atom stereocenters. The van der Waals surface area contributed by atoms with E-state index in [4.69, 9.17) is 9.47 Å². The topological polar surface area (TPSA) is 38.7 Å². The lowest BCUT2D eigenvalue weighted by Gasteiger charge is -2.30. The van der Waals surface area contributed by atoms with Crippen molar-refractivity contribution in [2.45, 2.75) is 18.6 Å². The average molecular weight is 335 g/mol. The summed E-state index contributed by atoms with van der Waals surface area (Å²) in [5.74, 6) is 1.53. The molecular formula is C16H15BrO3. The second kappa shape index (κ2) is 5.46. The lowest BCUT2D eigenvalue weighted by Crippen LogP contribution is -2.19. The first-order valence-electron chi connectivity index (χ1n) is 6.45. The maximum Gasteiger partial charge on any atom is 0.127 e. The third kappa shape index (κ3) is 2.53. The Kier molecular flexibility index (Phi) is 3.68. The van der Waals surface area contributed by atoms with Gasteiger partial charge in [0, 0.05) is 16.5 Å². The summed E-state index contributed by atoms with van der Waals surface area (Å²) in [6, 6.07) is 13.5.